The van der Waals surface area contributed by atoms with Gasteiger partial charge in [0.1, 0.15) is 0 Å². The smallest absolute Gasteiger partial charge is 0.0485 e. The Morgan fingerprint density at radius 1 is 1.24 bits per heavy atom. The second-order valence-corrected chi connectivity index (χ2v) is 6.41. The van der Waals surface area contributed by atoms with Gasteiger partial charge >= 0.3 is 0 Å². The lowest BCUT2D eigenvalue weighted by Gasteiger charge is -2.32. The minimum absolute atomic E-state index is 0.00832. The molecule has 0 radical (unpaired) electrons. The first-order valence-electron chi connectivity index (χ1n) is 8.21. The lowest BCUT2D eigenvalue weighted by Crippen LogP contribution is -2.32. The van der Waals surface area contributed by atoms with Crippen molar-refractivity contribution in [3.05, 3.63) is 23.7 Å². The molecule has 0 aliphatic rings. The van der Waals surface area contributed by atoms with E-state index in [1.165, 1.54) is 5.70 Å². The SMILES string of the molecule is C=C(C(N)CCCC)N(SC)/C(CCC)=C(\N)C(C)CC. The second-order valence-electron chi connectivity index (χ2n) is 5.68. The lowest BCUT2D eigenvalue weighted by molar-refractivity contribution is 0.515. The van der Waals surface area contributed by atoms with Gasteiger partial charge < -0.3 is 11.5 Å². The third-order valence-corrected chi connectivity index (χ3v) is 4.77. The molecule has 0 saturated carbocycles. The van der Waals surface area contributed by atoms with E-state index >= 15 is 0 Å². The minimum atomic E-state index is 0.00832. The van der Waals surface area contributed by atoms with Crippen LogP contribution in [0.2, 0.25) is 0 Å². The fourth-order valence-electron chi connectivity index (χ4n) is 2.25. The Morgan fingerprint density at radius 2 is 1.86 bits per heavy atom. The van der Waals surface area contributed by atoms with Gasteiger partial charge in [-0.15, -0.1) is 0 Å². The van der Waals surface area contributed by atoms with Gasteiger partial charge in [0.15, 0.2) is 0 Å². The van der Waals surface area contributed by atoms with Crippen molar-refractivity contribution in [2.45, 2.75) is 72.3 Å². The van der Waals surface area contributed by atoms with Crippen LogP contribution < -0.4 is 11.5 Å². The van der Waals surface area contributed by atoms with Gasteiger partial charge in [-0.2, -0.15) is 0 Å². The number of unbranched alkanes of at least 4 members (excludes halogenated alkanes) is 1. The predicted molar refractivity (Wildman–Crippen MR) is 97.6 cm³/mol. The van der Waals surface area contributed by atoms with Gasteiger partial charge in [-0.25, -0.2) is 0 Å². The summed E-state index contributed by atoms with van der Waals surface area (Å²) < 4.78 is 2.17. The van der Waals surface area contributed by atoms with Crippen molar-refractivity contribution >= 4 is 11.9 Å². The Labute approximate surface area is 136 Å². The van der Waals surface area contributed by atoms with E-state index < -0.39 is 0 Å². The summed E-state index contributed by atoms with van der Waals surface area (Å²) in [5.41, 5.74) is 15.9. The third kappa shape index (κ3) is 6.35. The topological polar surface area (TPSA) is 55.3 Å². The molecule has 0 amide bonds. The normalized spacial score (nSPS) is 15.3. The number of hydrogen-bond donors (Lipinski definition) is 2. The highest BCUT2D eigenvalue weighted by Gasteiger charge is 2.21. The summed E-state index contributed by atoms with van der Waals surface area (Å²) in [6, 6.07) is 0.00832. The molecule has 3 nitrogen and oxygen atoms in total. The maximum Gasteiger partial charge on any atom is 0.0485 e. The van der Waals surface area contributed by atoms with Gasteiger partial charge in [-0.05, 0) is 37.1 Å². The van der Waals surface area contributed by atoms with Crippen LogP contribution in [0.3, 0.4) is 0 Å². The first kappa shape index (κ1) is 20.4. The highest BCUT2D eigenvalue weighted by atomic mass is 32.2. The molecule has 2 unspecified atom stereocenters. The highest BCUT2D eigenvalue weighted by molar-refractivity contribution is 7.96. The molecule has 0 heterocycles. The summed E-state index contributed by atoms with van der Waals surface area (Å²) in [7, 11) is 0. The fourth-order valence-corrected chi connectivity index (χ4v) is 3.03. The first-order valence-corrected chi connectivity index (χ1v) is 9.39. The third-order valence-electron chi connectivity index (χ3n) is 3.95. The Hall–Kier alpha value is -0.610. The van der Waals surface area contributed by atoms with Crippen molar-refractivity contribution in [1.29, 1.82) is 0 Å². The lowest BCUT2D eigenvalue weighted by atomic mass is 10.0. The number of allylic oxidation sites excluding steroid dienone is 2. The van der Waals surface area contributed by atoms with E-state index in [2.05, 4.69) is 44.8 Å². The van der Waals surface area contributed by atoms with Crippen LogP contribution >= 0.6 is 11.9 Å². The molecule has 0 aliphatic carbocycles. The average Bonchev–Trinajstić information content (AvgIpc) is 2.50. The summed E-state index contributed by atoms with van der Waals surface area (Å²) in [4.78, 5) is 0. The number of nitrogens with two attached hydrogens (primary N) is 2. The van der Waals surface area contributed by atoms with Crippen molar-refractivity contribution in [3.8, 4) is 0 Å². The predicted octanol–water partition coefficient (Wildman–Crippen LogP) is 4.61. The number of hydrogen-bond acceptors (Lipinski definition) is 4. The summed E-state index contributed by atoms with van der Waals surface area (Å²) in [6.07, 6.45) is 8.43. The van der Waals surface area contributed by atoms with Crippen LogP contribution in [0.4, 0.5) is 0 Å². The quantitative estimate of drug-likeness (QED) is 0.547. The van der Waals surface area contributed by atoms with E-state index in [0.717, 1.165) is 49.9 Å². The molecular formula is C17H35N3S. The van der Waals surface area contributed by atoms with Gasteiger partial charge in [0.25, 0.3) is 0 Å². The van der Waals surface area contributed by atoms with E-state index in [9.17, 15) is 0 Å². The van der Waals surface area contributed by atoms with Gasteiger partial charge in [-0.1, -0.05) is 53.5 Å². The summed E-state index contributed by atoms with van der Waals surface area (Å²) in [5, 5.41) is 0. The van der Waals surface area contributed by atoms with Crippen LogP contribution in [0.1, 0.15) is 66.2 Å². The molecule has 0 aromatic heterocycles. The highest BCUT2D eigenvalue weighted by Crippen LogP contribution is 2.30. The minimum Gasteiger partial charge on any atom is -0.400 e. The maximum absolute atomic E-state index is 6.42. The molecular weight excluding hydrogens is 278 g/mol. The van der Waals surface area contributed by atoms with Crippen LogP contribution in [0, 0.1) is 5.92 Å². The van der Waals surface area contributed by atoms with Crippen LogP contribution in [0.5, 0.6) is 0 Å². The molecule has 0 rings (SSSR count). The van der Waals surface area contributed by atoms with Gasteiger partial charge in [0, 0.05) is 29.4 Å². The van der Waals surface area contributed by atoms with Crippen molar-refractivity contribution in [2.75, 3.05) is 6.26 Å². The Kier molecular flexibility index (Phi) is 10.7. The molecule has 0 spiro atoms. The standard InChI is InChI=1S/C17H35N3S/c1-7-10-12-15(18)14(5)20(21-6)16(11-8-2)17(19)13(4)9-3/h13,15H,5,7-12,18-19H2,1-4,6H3/b17-16-. The molecule has 0 aliphatic heterocycles. The van der Waals surface area contributed by atoms with Crippen molar-refractivity contribution in [3.63, 3.8) is 0 Å². The fraction of sp³-hybridized carbons (Fsp3) is 0.765. The van der Waals surface area contributed by atoms with E-state index in [4.69, 9.17) is 11.5 Å². The first-order chi connectivity index (χ1) is 9.94. The number of nitrogens with zero attached hydrogens (tertiary/aromatic N) is 1. The van der Waals surface area contributed by atoms with Crippen molar-refractivity contribution in [2.24, 2.45) is 17.4 Å². The average molecular weight is 314 g/mol. The molecule has 2 atom stereocenters. The molecule has 0 saturated heterocycles. The largest absolute Gasteiger partial charge is 0.400 e. The maximum atomic E-state index is 6.42. The molecule has 0 aromatic rings. The van der Waals surface area contributed by atoms with E-state index in [-0.39, 0.29) is 6.04 Å². The van der Waals surface area contributed by atoms with Crippen LogP contribution in [-0.4, -0.2) is 16.6 Å². The zero-order valence-electron chi connectivity index (χ0n) is 14.6. The monoisotopic (exact) mass is 313 g/mol. The summed E-state index contributed by atoms with van der Waals surface area (Å²) >= 11 is 1.66. The van der Waals surface area contributed by atoms with Gasteiger partial charge in [-0.3, -0.25) is 4.31 Å². The van der Waals surface area contributed by atoms with Crippen molar-refractivity contribution in [1.82, 2.24) is 4.31 Å². The molecule has 0 bridgehead atoms. The Bertz CT molecular complexity index is 339. The van der Waals surface area contributed by atoms with E-state index in [1.54, 1.807) is 11.9 Å². The van der Waals surface area contributed by atoms with E-state index in [0.29, 0.717) is 5.92 Å². The zero-order chi connectivity index (χ0) is 16.4. The van der Waals surface area contributed by atoms with Gasteiger partial charge in [0.2, 0.25) is 0 Å². The molecule has 4 heteroatoms. The molecule has 0 aromatic carbocycles. The van der Waals surface area contributed by atoms with Crippen LogP contribution in [-0.2, 0) is 0 Å². The summed E-state index contributed by atoms with van der Waals surface area (Å²) in [5.74, 6) is 0.390. The Morgan fingerprint density at radius 3 is 2.29 bits per heavy atom. The molecule has 21 heavy (non-hydrogen) atoms. The second kappa shape index (κ2) is 11.0. The van der Waals surface area contributed by atoms with E-state index in [1.807, 2.05) is 0 Å². The Balaban J connectivity index is 5.28. The molecule has 0 fully saturated rings. The summed E-state index contributed by atoms with van der Waals surface area (Å²) in [6.45, 7) is 13.0. The van der Waals surface area contributed by atoms with Crippen LogP contribution in [0.25, 0.3) is 0 Å². The number of rotatable bonds is 11. The van der Waals surface area contributed by atoms with Gasteiger partial charge in [0.05, 0.1) is 0 Å². The van der Waals surface area contributed by atoms with Crippen LogP contribution in [0.15, 0.2) is 23.7 Å². The zero-order valence-corrected chi connectivity index (χ0v) is 15.4. The molecule has 124 valence electrons. The molecule has 4 N–H and O–H groups in total. The van der Waals surface area contributed by atoms with Crippen molar-refractivity contribution < 1.29 is 0 Å².